The third kappa shape index (κ3) is 2.29. The molecule has 1 fully saturated rings. The summed E-state index contributed by atoms with van der Waals surface area (Å²) in [7, 11) is 0. The normalized spacial score (nSPS) is 22.5. The van der Waals surface area contributed by atoms with Crippen LogP contribution in [0.25, 0.3) is 0 Å². The number of amides is 4. The molecule has 5 nitrogen and oxygen atoms in total. The van der Waals surface area contributed by atoms with Gasteiger partial charge in [0.25, 0.3) is 0 Å². The zero-order valence-electron chi connectivity index (χ0n) is 8.91. The molecule has 0 aromatic heterocycles. The van der Waals surface area contributed by atoms with Crippen molar-refractivity contribution < 1.29 is 14.4 Å². The SMILES string of the molecule is O=C1NC(=O)C(CC2=CCCCC2)C(=O)N1. The lowest BCUT2D eigenvalue weighted by molar-refractivity contribution is -0.135. The van der Waals surface area contributed by atoms with E-state index in [4.69, 9.17) is 0 Å². The van der Waals surface area contributed by atoms with E-state index in [1.54, 1.807) is 0 Å². The molecule has 1 aliphatic heterocycles. The van der Waals surface area contributed by atoms with Gasteiger partial charge in [-0.25, -0.2) is 4.79 Å². The molecule has 2 N–H and O–H groups in total. The molecule has 4 amide bonds. The van der Waals surface area contributed by atoms with Crippen molar-refractivity contribution in [1.29, 1.82) is 0 Å². The van der Waals surface area contributed by atoms with Crippen LogP contribution in [-0.2, 0) is 9.59 Å². The lowest BCUT2D eigenvalue weighted by Gasteiger charge is -2.22. The maximum absolute atomic E-state index is 11.5. The summed E-state index contributed by atoms with van der Waals surface area (Å²) in [5, 5.41) is 4.22. The molecule has 0 atom stereocenters. The third-order valence-electron chi connectivity index (χ3n) is 2.96. The Balaban J connectivity index is 2.03. The molecule has 5 heteroatoms. The number of rotatable bonds is 2. The first kappa shape index (κ1) is 10.9. The number of carbonyl (C=O) groups is 3. The Kier molecular flexibility index (Phi) is 3.03. The minimum absolute atomic E-state index is 0.435. The number of imide groups is 2. The second-order valence-corrected chi connectivity index (χ2v) is 4.17. The zero-order chi connectivity index (χ0) is 11.5. The fraction of sp³-hybridized carbons (Fsp3) is 0.545. The van der Waals surface area contributed by atoms with E-state index >= 15 is 0 Å². The Labute approximate surface area is 93.3 Å². The van der Waals surface area contributed by atoms with Gasteiger partial charge >= 0.3 is 6.03 Å². The van der Waals surface area contributed by atoms with Gasteiger partial charge in [0.1, 0.15) is 5.92 Å². The number of urea groups is 1. The smallest absolute Gasteiger partial charge is 0.277 e. The number of barbiturate groups is 1. The lowest BCUT2D eigenvalue weighted by atomic mass is 9.90. The summed E-state index contributed by atoms with van der Waals surface area (Å²) in [4.78, 5) is 33.8. The van der Waals surface area contributed by atoms with Gasteiger partial charge in [0.2, 0.25) is 11.8 Å². The summed E-state index contributed by atoms with van der Waals surface area (Å²) in [6.07, 6.45) is 6.78. The molecule has 2 rings (SSSR count). The van der Waals surface area contributed by atoms with Crippen LogP contribution in [0.3, 0.4) is 0 Å². The monoisotopic (exact) mass is 222 g/mol. The fourth-order valence-electron chi connectivity index (χ4n) is 2.09. The van der Waals surface area contributed by atoms with Crippen molar-refractivity contribution in [1.82, 2.24) is 10.6 Å². The molecule has 0 spiro atoms. The molecule has 0 radical (unpaired) electrons. The van der Waals surface area contributed by atoms with E-state index < -0.39 is 23.8 Å². The summed E-state index contributed by atoms with van der Waals surface area (Å²) in [6, 6.07) is -0.719. The highest BCUT2D eigenvalue weighted by atomic mass is 16.2. The van der Waals surface area contributed by atoms with Gasteiger partial charge in [-0.2, -0.15) is 0 Å². The summed E-state index contributed by atoms with van der Waals surface area (Å²) >= 11 is 0. The second kappa shape index (κ2) is 4.47. The highest BCUT2D eigenvalue weighted by Crippen LogP contribution is 2.24. The Hall–Kier alpha value is -1.65. The fourth-order valence-corrected chi connectivity index (χ4v) is 2.09. The molecule has 0 bridgehead atoms. The number of allylic oxidation sites excluding steroid dienone is 2. The molecule has 0 saturated carbocycles. The van der Waals surface area contributed by atoms with Crippen molar-refractivity contribution in [3.63, 3.8) is 0 Å². The Bertz CT molecular complexity index is 353. The standard InChI is InChI=1S/C11H14N2O3/c14-9-8(10(15)13-11(16)12-9)6-7-4-2-1-3-5-7/h4,8H,1-3,5-6H2,(H2,12,13,14,15,16). The second-order valence-electron chi connectivity index (χ2n) is 4.17. The van der Waals surface area contributed by atoms with Gasteiger partial charge in [-0.15, -0.1) is 0 Å². The van der Waals surface area contributed by atoms with Crippen LogP contribution in [0.15, 0.2) is 11.6 Å². The topological polar surface area (TPSA) is 75.3 Å². The van der Waals surface area contributed by atoms with Gasteiger partial charge in [-0.3, -0.25) is 20.2 Å². The predicted molar refractivity (Wildman–Crippen MR) is 56.3 cm³/mol. The van der Waals surface area contributed by atoms with Crippen molar-refractivity contribution in [3.8, 4) is 0 Å². The van der Waals surface area contributed by atoms with E-state index in [2.05, 4.69) is 16.7 Å². The van der Waals surface area contributed by atoms with E-state index in [0.717, 1.165) is 24.8 Å². The van der Waals surface area contributed by atoms with Crippen molar-refractivity contribution in [2.45, 2.75) is 32.1 Å². The van der Waals surface area contributed by atoms with E-state index in [-0.39, 0.29) is 0 Å². The first-order valence-electron chi connectivity index (χ1n) is 5.50. The summed E-state index contributed by atoms with van der Waals surface area (Å²) in [5.74, 6) is -1.72. The molecule has 1 aliphatic carbocycles. The molecule has 86 valence electrons. The van der Waals surface area contributed by atoms with Crippen LogP contribution in [0.4, 0.5) is 4.79 Å². The van der Waals surface area contributed by atoms with Crippen LogP contribution in [-0.4, -0.2) is 17.8 Å². The largest absolute Gasteiger partial charge is 0.328 e. The molecule has 16 heavy (non-hydrogen) atoms. The number of hydrogen-bond donors (Lipinski definition) is 2. The quantitative estimate of drug-likeness (QED) is 0.537. The van der Waals surface area contributed by atoms with Crippen molar-refractivity contribution >= 4 is 17.8 Å². The van der Waals surface area contributed by atoms with Crippen LogP contribution in [0.5, 0.6) is 0 Å². The van der Waals surface area contributed by atoms with E-state index in [1.807, 2.05) is 0 Å². The van der Waals surface area contributed by atoms with Crippen molar-refractivity contribution in [3.05, 3.63) is 11.6 Å². The van der Waals surface area contributed by atoms with E-state index in [0.29, 0.717) is 6.42 Å². The van der Waals surface area contributed by atoms with Gasteiger partial charge in [0.15, 0.2) is 0 Å². The minimum atomic E-state index is -0.748. The van der Waals surface area contributed by atoms with Gasteiger partial charge in [-0.1, -0.05) is 11.6 Å². The zero-order valence-corrected chi connectivity index (χ0v) is 8.91. The molecule has 1 saturated heterocycles. The summed E-state index contributed by atoms with van der Waals surface area (Å²) in [5.41, 5.74) is 1.15. The third-order valence-corrected chi connectivity index (χ3v) is 2.96. The van der Waals surface area contributed by atoms with Crippen molar-refractivity contribution in [2.24, 2.45) is 5.92 Å². The Morgan fingerprint density at radius 1 is 1.12 bits per heavy atom. The molecule has 0 aromatic rings. The first-order chi connectivity index (χ1) is 7.66. The molecular formula is C11H14N2O3. The van der Waals surface area contributed by atoms with Gasteiger partial charge < -0.3 is 0 Å². The van der Waals surface area contributed by atoms with Gasteiger partial charge in [0, 0.05) is 0 Å². The maximum Gasteiger partial charge on any atom is 0.328 e. The lowest BCUT2D eigenvalue weighted by Crippen LogP contribution is -2.55. The van der Waals surface area contributed by atoms with E-state index in [9.17, 15) is 14.4 Å². The van der Waals surface area contributed by atoms with Crippen LogP contribution in [0.2, 0.25) is 0 Å². The Morgan fingerprint density at radius 3 is 2.38 bits per heavy atom. The number of hydrogen-bond acceptors (Lipinski definition) is 3. The molecule has 0 unspecified atom stereocenters. The van der Waals surface area contributed by atoms with Gasteiger partial charge in [0.05, 0.1) is 0 Å². The molecule has 1 heterocycles. The molecule has 0 aromatic carbocycles. The Morgan fingerprint density at radius 2 is 1.81 bits per heavy atom. The summed E-state index contributed by atoms with van der Waals surface area (Å²) in [6.45, 7) is 0. The molecular weight excluding hydrogens is 208 g/mol. The first-order valence-corrected chi connectivity index (χ1v) is 5.50. The van der Waals surface area contributed by atoms with Crippen LogP contribution < -0.4 is 10.6 Å². The van der Waals surface area contributed by atoms with Crippen LogP contribution in [0, 0.1) is 5.92 Å². The maximum atomic E-state index is 11.5. The van der Waals surface area contributed by atoms with E-state index in [1.165, 1.54) is 6.42 Å². The highest BCUT2D eigenvalue weighted by Gasteiger charge is 2.34. The highest BCUT2D eigenvalue weighted by molar-refractivity contribution is 6.16. The average Bonchev–Trinajstić information content (AvgIpc) is 2.25. The van der Waals surface area contributed by atoms with Crippen LogP contribution >= 0.6 is 0 Å². The number of carbonyl (C=O) groups excluding carboxylic acids is 3. The average molecular weight is 222 g/mol. The van der Waals surface area contributed by atoms with Crippen LogP contribution in [0.1, 0.15) is 32.1 Å². The van der Waals surface area contributed by atoms with Gasteiger partial charge in [-0.05, 0) is 32.1 Å². The minimum Gasteiger partial charge on any atom is -0.277 e. The predicted octanol–water partition coefficient (Wildman–Crippen LogP) is 0.859. The van der Waals surface area contributed by atoms with Crippen molar-refractivity contribution in [2.75, 3.05) is 0 Å². The molecule has 2 aliphatic rings. The number of nitrogens with one attached hydrogen (secondary N) is 2. The summed E-state index contributed by atoms with van der Waals surface area (Å²) < 4.78 is 0.